The van der Waals surface area contributed by atoms with Crippen molar-refractivity contribution in [3.8, 4) is 0 Å². The summed E-state index contributed by atoms with van der Waals surface area (Å²) in [7, 11) is 1.80. The fourth-order valence-corrected chi connectivity index (χ4v) is 2.08. The average molecular weight is 293 g/mol. The summed E-state index contributed by atoms with van der Waals surface area (Å²) in [6.07, 6.45) is 3.37. The van der Waals surface area contributed by atoms with Crippen LogP contribution < -0.4 is 5.32 Å². The van der Waals surface area contributed by atoms with Gasteiger partial charge in [0, 0.05) is 31.4 Å². The third kappa shape index (κ3) is 3.74. The third-order valence-corrected chi connectivity index (χ3v) is 3.12. The van der Waals surface area contributed by atoms with Gasteiger partial charge in [-0.3, -0.25) is 4.68 Å². The summed E-state index contributed by atoms with van der Waals surface area (Å²) < 4.78 is 1.64. The van der Waals surface area contributed by atoms with E-state index >= 15 is 0 Å². The summed E-state index contributed by atoms with van der Waals surface area (Å²) in [6, 6.07) is 7.36. The quantitative estimate of drug-likeness (QED) is 0.941. The van der Waals surface area contributed by atoms with Crippen molar-refractivity contribution in [3.63, 3.8) is 0 Å². The molecule has 0 aliphatic heterocycles. The smallest absolute Gasteiger partial charge is 0.320 e. The van der Waals surface area contributed by atoms with Gasteiger partial charge in [0.1, 0.15) is 0 Å². The van der Waals surface area contributed by atoms with Crippen LogP contribution in [0.5, 0.6) is 0 Å². The van der Waals surface area contributed by atoms with Gasteiger partial charge in [0.2, 0.25) is 0 Å². The Labute approximate surface area is 123 Å². The first-order valence-corrected chi connectivity index (χ1v) is 6.75. The lowest BCUT2D eigenvalue weighted by Gasteiger charge is -2.21. The van der Waals surface area contributed by atoms with E-state index < -0.39 is 0 Å². The molecule has 20 heavy (non-hydrogen) atoms. The number of aryl methyl sites for hydroxylation is 1. The Morgan fingerprint density at radius 3 is 2.90 bits per heavy atom. The van der Waals surface area contributed by atoms with E-state index in [0.29, 0.717) is 23.8 Å². The second-order valence-electron chi connectivity index (χ2n) is 4.48. The van der Waals surface area contributed by atoms with Crippen molar-refractivity contribution in [2.75, 3.05) is 11.9 Å². The third-order valence-electron chi connectivity index (χ3n) is 2.89. The number of amides is 2. The lowest BCUT2D eigenvalue weighted by molar-refractivity contribution is 0.212. The van der Waals surface area contributed by atoms with Gasteiger partial charge in [-0.05, 0) is 24.6 Å². The van der Waals surface area contributed by atoms with Crippen LogP contribution in [0.15, 0.2) is 36.7 Å². The predicted octanol–water partition coefficient (Wildman–Crippen LogP) is 3.13. The Hall–Kier alpha value is -2.01. The van der Waals surface area contributed by atoms with Crippen LogP contribution in [0.4, 0.5) is 10.5 Å². The van der Waals surface area contributed by atoms with Gasteiger partial charge in [0.05, 0.1) is 11.9 Å². The van der Waals surface area contributed by atoms with Crippen LogP contribution >= 0.6 is 11.6 Å². The minimum Gasteiger partial charge on any atom is -0.320 e. The van der Waals surface area contributed by atoms with E-state index in [2.05, 4.69) is 10.4 Å². The highest BCUT2D eigenvalue weighted by Gasteiger charge is 2.13. The summed E-state index contributed by atoms with van der Waals surface area (Å²) in [6.45, 7) is 3.06. The Kier molecular flexibility index (Phi) is 4.63. The number of nitrogens with zero attached hydrogens (tertiary/aromatic N) is 3. The van der Waals surface area contributed by atoms with E-state index in [1.165, 1.54) is 0 Å². The normalized spacial score (nSPS) is 10.3. The molecule has 6 heteroatoms. The second kappa shape index (κ2) is 6.43. The Morgan fingerprint density at radius 1 is 1.50 bits per heavy atom. The molecule has 0 radical (unpaired) electrons. The molecule has 2 aromatic rings. The van der Waals surface area contributed by atoms with Crippen LogP contribution in [-0.2, 0) is 13.6 Å². The monoisotopic (exact) mass is 292 g/mol. The fraction of sp³-hybridized carbons (Fsp3) is 0.286. The van der Waals surface area contributed by atoms with E-state index in [9.17, 15) is 4.79 Å². The highest BCUT2D eigenvalue weighted by Crippen LogP contribution is 2.13. The Morgan fingerprint density at radius 2 is 2.30 bits per heavy atom. The van der Waals surface area contributed by atoms with Crippen molar-refractivity contribution in [3.05, 3.63) is 47.2 Å². The number of carbonyl (C=O) groups is 1. The van der Waals surface area contributed by atoms with Gasteiger partial charge >= 0.3 is 6.03 Å². The molecule has 0 atom stereocenters. The number of hydrogen-bond donors (Lipinski definition) is 1. The van der Waals surface area contributed by atoms with Crippen LogP contribution in [0.25, 0.3) is 0 Å². The fourth-order valence-electron chi connectivity index (χ4n) is 1.87. The molecule has 0 aliphatic carbocycles. The average Bonchev–Trinajstić information content (AvgIpc) is 2.81. The Balaban J connectivity index is 2.02. The van der Waals surface area contributed by atoms with Gasteiger partial charge in [-0.25, -0.2) is 4.79 Å². The van der Waals surface area contributed by atoms with Crippen LogP contribution in [0.2, 0.25) is 5.02 Å². The largest absolute Gasteiger partial charge is 0.322 e. The second-order valence-corrected chi connectivity index (χ2v) is 4.91. The number of nitrogens with one attached hydrogen (secondary N) is 1. The molecule has 0 bridgehead atoms. The molecule has 0 spiro atoms. The molecule has 106 valence electrons. The molecular weight excluding hydrogens is 276 g/mol. The maximum absolute atomic E-state index is 12.2. The summed E-state index contributed by atoms with van der Waals surface area (Å²) in [5.74, 6) is 0. The summed E-state index contributed by atoms with van der Waals surface area (Å²) in [5, 5.41) is 7.51. The highest BCUT2D eigenvalue weighted by molar-refractivity contribution is 6.30. The first-order valence-electron chi connectivity index (χ1n) is 6.37. The molecule has 1 aromatic carbocycles. The standard InChI is InChI=1S/C14H17ClN4O/c1-3-19(9-11-5-4-6-12(15)7-11)14(20)17-13-8-16-18(2)10-13/h4-8,10H,3,9H2,1-2H3,(H,17,20). The highest BCUT2D eigenvalue weighted by atomic mass is 35.5. The minimum absolute atomic E-state index is 0.152. The van der Waals surface area contributed by atoms with Crippen molar-refractivity contribution >= 4 is 23.3 Å². The molecule has 0 unspecified atom stereocenters. The van der Waals surface area contributed by atoms with Gasteiger partial charge in [0.25, 0.3) is 0 Å². The number of hydrogen-bond acceptors (Lipinski definition) is 2. The topological polar surface area (TPSA) is 50.2 Å². The predicted molar refractivity (Wildman–Crippen MR) is 79.8 cm³/mol. The van der Waals surface area contributed by atoms with Gasteiger partial charge < -0.3 is 10.2 Å². The zero-order valence-electron chi connectivity index (χ0n) is 11.5. The zero-order valence-corrected chi connectivity index (χ0v) is 12.3. The van der Waals surface area contributed by atoms with Gasteiger partial charge in [0.15, 0.2) is 0 Å². The number of halogens is 1. The molecule has 1 N–H and O–H groups in total. The van der Waals surface area contributed by atoms with Gasteiger partial charge in [-0.2, -0.15) is 5.10 Å². The van der Waals surface area contributed by atoms with E-state index in [1.54, 1.807) is 29.0 Å². The molecule has 2 amide bonds. The van der Waals surface area contributed by atoms with E-state index in [0.717, 1.165) is 5.56 Å². The summed E-state index contributed by atoms with van der Waals surface area (Å²) >= 11 is 5.95. The van der Waals surface area contributed by atoms with Crippen molar-refractivity contribution in [2.45, 2.75) is 13.5 Å². The molecule has 2 rings (SSSR count). The minimum atomic E-state index is -0.152. The van der Waals surface area contributed by atoms with Crippen molar-refractivity contribution < 1.29 is 4.79 Å². The molecule has 0 aliphatic rings. The van der Waals surface area contributed by atoms with Crippen LogP contribution in [0.1, 0.15) is 12.5 Å². The van der Waals surface area contributed by atoms with Crippen molar-refractivity contribution in [2.24, 2.45) is 7.05 Å². The van der Waals surface area contributed by atoms with Crippen LogP contribution in [-0.4, -0.2) is 27.3 Å². The Bertz CT molecular complexity index is 596. The number of urea groups is 1. The van der Waals surface area contributed by atoms with E-state index in [4.69, 9.17) is 11.6 Å². The van der Waals surface area contributed by atoms with E-state index in [-0.39, 0.29) is 6.03 Å². The van der Waals surface area contributed by atoms with Gasteiger partial charge in [-0.1, -0.05) is 23.7 Å². The number of aromatic nitrogens is 2. The number of anilines is 1. The van der Waals surface area contributed by atoms with E-state index in [1.807, 2.05) is 31.2 Å². The van der Waals surface area contributed by atoms with Gasteiger partial charge in [-0.15, -0.1) is 0 Å². The molecule has 0 saturated carbocycles. The molecule has 0 saturated heterocycles. The maximum Gasteiger partial charge on any atom is 0.322 e. The van der Waals surface area contributed by atoms with Crippen LogP contribution in [0, 0.1) is 0 Å². The number of rotatable bonds is 4. The molecule has 1 aromatic heterocycles. The van der Waals surface area contributed by atoms with Crippen molar-refractivity contribution in [1.29, 1.82) is 0 Å². The summed E-state index contributed by atoms with van der Waals surface area (Å²) in [5.41, 5.74) is 1.68. The zero-order chi connectivity index (χ0) is 14.5. The lowest BCUT2D eigenvalue weighted by Crippen LogP contribution is -2.34. The molecule has 0 fully saturated rings. The maximum atomic E-state index is 12.2. The first kappa shape index (κ1) is 14.4. The first-order chi connectivity index (χ1) is 9.58. The number of carbonyl (C=O) groups excluding carboxylic acids is 1. The number of benzene rings is 1. The lowest BCUT2D eigenvalue weighted by atomic mass is 10.2. The molecular formula is C14H17ClN4O. The van der Waals surface area contributed by atoms with Crippen LogP contribution in [0.3, 0.4) is 0 Å². The summed E-state index contributed by atoms with van der Waals surface area (Å²) in [4.78, 5) is 13.9. The SMILES string of the molecule is CCN(Cc1cccc(Cl)c1)C(=O)Nc1cnn(C)c1. The van der Waals surface area contributed by atoms with Crippen molar-refractivity contribution in [1.82, 2.24) is 14.7 Å². The molecule has 5 nitrogen and oxygen atoms in total. The molecule has 1 heterocycles.